The van der Waals surface area contributed by atoms with Gasteiger partial charge in [0.1, 0.15) is 5.75 Å². The Morgan fingerprint density at radius 3 is 2.48 bits per heavy atom. The third-order valence-electron chi connectivity index (χ3n) is 6.44. The number of hydrogen-bond donors (Lipinski definition) is 0. The molecule has 1 saturated carbocycles. The Balaban J connectivity index is 1.72. The first-order chi connectivity index (χ1) is 11.7. The van der Waals surface area contributed by atoms with Crippen LogP contribution in [0.4, 0.5) is 0 Å². The molecule has 0 spiro atoms. The first kappa shape index (κ1) is 16.6. The molecule has 1 saturated heterocycles. The average molecular weight is 403 g/mol. The second-order valence-electron chi connectivity index (χ2n) is 7.66. The van der Waals surface area contributed by atoms with E-state index in [1.807, 2.05) is 51.1 Å². The first-order valence-corrected chi connectivity index (χ1v) is 9.15. The molecule has 2 aromatic rings. The highest BCUT2D eigenvalue weighted by Crippen LogP contribution is 2.65. The molecular formula is C20H19BrO4. The Labute approximate surface area is 154 Å². The van der Waals surface area contributed by atoms with Crippen LogP contribution in [0.5, 0.6) is 5.75 Å². The molecule has 2 aromatic carbocycles. The van der Waals surface area contributed by atoms with Gasteiger partial charge in [0, 0.05) is 5.41 Å². The highest BCUT2D eigenvalue weighted by Gasteiger charge is 2.76. The minimum atomic E-state index is -1.22. The van der Waals surface area contributed by atoms with Crippen molar-refractivity contribution in [1.82, 2.24) is 0 Å². The predicted octanol–water partition coefficient (Wildman–Crippen LogP) is 4.63. The van der Waals surface area contributed by atoms with Crippen molar-refractivity contribution in [2.24, 2.45) is 10.8 Å². The number of rotatable bonds is 2. The SMILES string of the molecule is CC12CCC(C(=O)Oc3ccc4ccccc4c3Br)(OC1=O)C2(C)C. The lowest BCUT2D eigenvalue weighted by Crippen LogP contribution is -2.50. The molecule has 0 aromatic heterocycles. The van der Waals surface area contributed by atoms with Crippen LogP contribution < -0.4 is 4.74 Å². The molecule has 4 nitrogen and oxygen atoms in total. The summed E-state index contributed by atoms with van der Waals surface area (Å²) in [6, 6.07) is 11.5. The average Bonchev–Trinajstić information content (AvgIpc) is 2.88. The van der Waals surface area contributed by atoms with Gasteiger partial charge in [-0.25, -0.2) is 4.79 Å². The molecule has 1 heterocycles. The topological polar surface area (TPSA) is 52.6 Å². The second-order valence-corrected chi connectivity index (χ2v) is 8.45. The molecule has 130 valence electrons. The normalized spacial score (nSPS) is 29.7. The Hall–Kier alpha value is -1.88. The van der Waals surface area contributed by atoms with Crippen LogP contribution in [0.2, 0.25) is 0 Å². The van der Waals surface area contributed by atoms with E-state index in [4.69, 9.17) is 9.47 Å². The Kier molecular flexibility index (Phi) is 3.36. The fourth-order valence-electron chi connectivity index (χ4n) is 4.18. The molecule has 0 radical (unpaired) electrons. The van der Waals surface area contributed by atoms with Gasteiger partial charge in [-0.3, -0.25) is 4.79 Å². The van der Waals surface area contributed by atoms with Crippen molar-refractivity contribution in [1.29, 1.82) is 0 Å². The van der Waals surface area contributed by atoms with E-state index in [0.717, 1.165) is 15.2 Å². The highest BCUT2D eigenvalue weighted by atomic mass is 79.9. The van der Waals surface area contributed by atoms with Crippen molar-refractivity contribution >= 4 is 38.6 Å². The van der Waals surface area contributed by atoms with Crippen molar-refractivity contribution in [3.63, 3.8) is 0 Å². The summed E-state index contributed by atoms with van der Waals surface area (Å²) in [5.74, 6) is -0.369. The minimum absolute atomic E-state index is 0.307. The van der Waals surface area contributed by atoms with E-state index >= 15 is 0 Å². The molecule has 2 bridgehead atoms. The molecule has 2 fully saturated rings. The Morgan fingerprint density at radius 1 is 1.12 bits per heavy atom. The number of benzene rings is 2. The number of fused-ring (bicyclic) bond motifs is 3. The highest BCUT2D eigenvalue weighted by molar-refractivity contribution is 9.10. The maximum atomic E-state index is 13.1. The van der Waals surface area contributed by atoms with Gasteiger partial charge in [0.2, 0.25) is 5.60 Å². The van der Waals surface area contributed by atoms with E-state index in [1.165, 1.54) is 0 Å². The summed E-state index contributed by atoms with van der Waals surface area (Å²) in [5.41, 5.74) is -2.48. The molecule has 25 heavy (non-hydrogen) atoms. The molecule has 4 rings (SSSR count). The van der Waals surface area contributed by atoms with E-state index in [1.54, 1.807) is 6.07 Å². The van der Waals surface area contributed by atoms with Crippen LogP contribution in [0.3, 0.4) is 0 Å². The minimum Gasteiger partial charge on any atom is -0.446 e. The molecular weight excluding hydrogens is 384 g/mol. The van der Waals surface area contributed by atoms with Gasteiger partial charge in [-0.15, -0.1) is 0 Å². The van der Waals surface area contributed by atoms with Crippen LogP contribution in [-0.4, -0.2) is 17.5 Å². The smallest absolute Gasteiger partial charge is 0.356 e. The Morgan fingerprint density at radius 2 is 1.84 bits per heavy atom. The fourth-order valence-corrected chi connectivity index (χ4v) is 4.75. The van der Waals surface area contributed by atoms with Gasteiger partial charge < -0.3 is 9.47 Å². The van der Waals surface area contributed by atoms with Crippen LogP contribution in [0, 0.1) is 10.8 Å². The van der Waals surface area contributed by atoms with E-state index in [2.05, 4.69) is 15.9 Å². The predicted molar refractivity (Wildman–Crippen MR) is 97.2 cm³/mol. The molecule has 1 aliphatic heterocycles. The standard InChI is InChI=1S/C20H19BrO4/c1-18(2)19(3)10-11-20(18,25-16(19)22)17(23)24-14-9-8-12-6-4-5-7-13(12)15(14)21/h4-9H,10-11H2,1-3H3. The van der Waals surface area contributed by atoms with Crippen LogP contribution in [0.25, 0.3) is 10.8 Å². The number of esters is 2. The number of carbonyl (C=O) groups excluding carboxylic acids is 2. The van der Waals surface area contributed by atoms with Gasteiger partial charge in [-0.05, 0) is 52.5 Å². The van der Waals surface area contributed by atoms with Crippen molar-refractivity contribution in [2.45, 2.75) is 39.2 Å². The molecule has 1 aliphatic carbocycles. The monoisotopic (exact) mass is 402 g/mol. The lowest BCUT2D eigenvalue weighted by molar-refractivity contribution is -0.176. The van der Waals surface area contributed by atoms with E-state index in [9.17, 15) is 9.59 Å². The van der Waals surface area contributed by atoms with Gasteiger partial charge in [-0.2, -0.15) is 0 Å². The molecule has 2 aliphatic rings. The molecule has 5 heteroatoms. The number of carbonyl (C=O) groups is 2. The second kappa shape index (κ2) is 5.07. The van der Waals surface area contributed by atoms with Crippen molar-refractivity contribution in [2.75, 3.05) is 0 Å². The molecule has 2 unspecified atom stereocenters. The zero-order chi connectivity index (χ0) is 18.0. The van der Waals surface area contributed by atoms with Gasteiger partial charge in [-0.1, -0.05) is 44.2 Å². The summed E-state index contributed by atoms with van der Waals surface area (Å²) in [4.78, 5) is 25.4. The van der Waals surface area contributed by atoms with Gasteiger partial charge in [0.15, 0.2) is 0 Å². The van der Waals surface area contributed by atoms with E-state index < -0.39 is 22.4 Å². The van der Waals surface area contributed by atoms with Crippen LogP contribution in [0.1, 0.15) is 33.6 Å². The number of ether oxygens (including phenoxy) is 2. The van der Waals surface area contributed by atoms with Gasteiger partial charge in [0.05, 0.1) is 9.89 Å². The summed E-state index contributed by atoms with van der Waals surface area (Å²) in [6.07, 6.45) is 1.12. The van der Waals surface area contributed by atoms with Crippen LogP contribution >= 0.6 is 15.9 Å². The summed E-state index contributed by atoms with van der Waals surface area (Å²) in [7, 11) is 0. The lowest BCUT2D eigenvalue weighted by atomic mass is 9.66. The third kappa shape index (κ3) is 1.93. The fraction of sp³-hybridized carbons (Fsp3) is 0.400. The lowest BCUT2D eigenvalue weighted by Gasteiger charge is -2.34. The largest absolute Gasteiger partial charge is 0.446 e. The van der Waals surface area contributed by atoms with E-state index in [-0.39, 0.29) is 5.97 Å². The van der Waals surface area contributed by atoms with Crippen molar-refractivity contribution in [3.05, 3.63) is 40.9 Å². The maximum Gasteiger partial charge on any atom is 0.356 e. The zero-order valence-electron chi connectivity index (χ0n) is 14.4. The summed E-state index contributed by atoms with van der Waals surface area (Å²) >= 11 is 3.53. The quantitative estimate of drug-likeness (QED) is 0.542. The third-order valence-corrected chi connectivity index (χ3v) is 7.26. The van der Waals surface area contributed by atoms with Crippen LogP contribution in [0.15, 0.2) is 40.9 Å². The Bertz CT molecular complexity index is 919. The number of halogens is 1. The maximum absolute atomic E-state index is 13.1. The van der Waals surface area contributed by atoms with Crippen LogP contribution in [-0.2, 0) is 14.3 Å². The zero-order valence-corrected chi connectivity index (χ0v) is 16.0. The molecule has 2 atom stereocenters. The molecule has 0 amide bonds. The van der Waals surface area contributed by atoms with Crippen molar-refractivity contribution < 1.29 is 19.1 Å². The summed E-state index contributed by atoms with van der Waals surface area (Å²) in [5, 5.41) is 2.01. The van der Waals surface area contributed by atoms with Gasteiger partial charge >= 0.3 is 11.9 Å². The number of hydrogen-bond acceptors (Lipinski definition) is 4. The summed E-state index contributed by atoms with van der Waals surface area (Å²) in [6.45, 7) is 5.71. The van der Waals surface area contributed by atoms with Gasteiger partial charge in [0.25, 0.3) is 0 Å². The first-order valence-electron chi connectivity index (χ1n) is 8.36. The van der Waals surface area contributed by atoms with E-state index in [0.29, 0.717) is 18.6 Å². The summed E-state index contributed by atoms with van der Waals surface area (Å²) < 4.78 is 12.0. The van der Waals surface area contributed by atoms with Crippen molar-refractivity contribution in [3.8, 4) is 5.75 Å². The molecule has 0 N–H and O–H groups in total.